The first-order valence-corrected chi connectivity index (χ1v) is 10.3. The summed E-state index contributed by atoms with van der Waals surface area (Å²) >= 11 is 0. The lowest BCUT2D eigenvalue weighted by atomic mass is 10.2. The minimum Gasteiger partial charge on any atom is -0.339 e. The number of H-pyrrole nitrogens is 1. The molecule has 0 bridgehead atoms. The van der Waals surface area contributed by atoms with Gasteiger partial charge in [-0.1, -0.05) is 42.5 Å². The molecule has 0 aliphatic carbocycles. The van der Waals surface area contributed by atoms with Crippen LogP contribution in [0.5, 0.6) is 0 Å². The van der Waals surface area contributed by atoms with E-state index in [0.29, 0.717) is 5.95 Å². The van der Waals surface area contributed by atoms with Gasteiger partial charge in [-0.05, 0) is 43.7 Å². The first-order chi connectivity index (χ1) is 15.2. The third kappa shape index (κ3) is 2.85. The van der Waals surface area contributed by atoms with E-state index in [9.17, 15) is 0 Å². The van der Waals surface area contributed by atoms with Crippen LogP contribution in [0.4, 0.5) is 11.6 Å². The van der Waals surface area contributed by atoms with Crippen LogP contribution in [0.25, 0.3) is 27.7 Å². The molecule has 6 aromatic rings. The van der Waals surface area contributed by atoms with Crippen molar-refractivity contribution in [1.29, 1.82) is 0 Å². The summed E-state index contributed by atoms with van der Waals surface area (Å²) in [6.45, 7) is 4.92. The van der Waals surface area contributed by atoms with Crippen molar-refractivity contribution in [1.82, 2.24) is 29.1 Å². The van der Waals surface area contributed by atoms with E-state index in [1.165, 1.54) is 11.3 Å². The van der Waals surface area contributed by atoms with Crippen LogP contribution in [-0.2, 0) is 6.54 Å². The fourth-order valence-corrected chi connectivity index (χ4v) is 4.24. The van der Waals surface area contributed by atoms with Gasteiger partial charge in [-0.2, -0.15) is 0 Å². The van der Waals surface area contributed by atoms with Crippen molar-refractivity contribution in [2.75, 3.05) is 5.32 Å². The molecule has 0 atom stereocenters. The molecule has 152 valence electrons. The standard InChI is InChI=1S/C24H21N7/c1-15-12-22-21(30(15)14-17-8-4-3-5-9-17)13-20(23-29-28-16(2)31(22)23)27-24-25-18-10-6-7-11-19(18)26-24/h3-13H,14H2,1-2H3,(H2,25,26,27). The number of imidazole rings is 1. The Morgan fingerprint density at radius 1 is 0.903 bits per heavy atom. The highest BCUT2D eigenvalue weighted by Crippen LogP contribution is 2.30. The minimum absolute atomic E-state index is 0.681. The first kappa shape index (κ1) is 17.7. The molecule has 2 N–H and O–H groups in total. The second-order valence-corrected chi connectivity index (χ2v) is 7.82. The number of pyridine rings is 1. The van der Waals surface area contributed by atoms with Gasteiger partial charge in [0.2, 0.25) is 5.95 Å². The van der Waals surface area contributed by atoms with E-state index in [0.717, 1.165) is 45.8 Å². The van der Waals surface area contributed by atoms with Gasteiger partial charge in [-0.15, -0.1) is 10.2 Å². The van der Waals surface area contributed by atoms with Gasteiger partial charge in [0.15, 0.2) is 5.65 Å². The van der Waals surface area contributed by atoms with E-state index < -0.39 is 0 Å². The third-order valence-corrected chi connectivity index (χ3v) is 5.74. The van der Waals surface area contributed by atoms with Crippen LogP contribution in [0.1, 0.15) is 17.1 Å². The van der Waals surface area contributed by atoms with Crippen LogP contribution < -0.4 is 5.32 Å². The molecule has 31 heavy (non-hydrogen) atoms. The number of hydrogen-bond donors (Lipinski definition) is 2. The molecule has 0 fully saturated rings. The summed E-state index contributed by atoms with van der Waals surface area (Å²) in [4.78, 5) is 8.00. The molecule has 0 saturated heterocycles. The molecular formula is C24H21N7. The number of benzene rings is 2. The molecular weight excluding hydrogens is 386 g/mol. The Hall–Kier alpha value is -4.13. The Balaban J connectivity index is 1.53. The molecule has 2 aromatic carbocycles. The number of nitrogens with one attached hydrogen (secondary N) is 2. The number of hydrogen-bond acceptors (Lipinski definition) is 4. The number of aromatic nitrogens is 6. The maximum Gasteiger partial charge on any atom is 0.205 e. The lowest BCUT2D eigenvalue weighted by Crippen LogP contribution is -2.03. The van der Waals surface area contributed by atoms with Crippen molar-refractivity contribution in [3.8, 4) is 0 Å². The van der Waals surface area contributed by atoms with E-state index in [4.69, 9.17) is 0 Å². The Morgan fingerprint density at radius 2 is 1.71 bits per heavy atom. The number of aryl methyl sites for hydroxylation is 2. The van der Waals surface area contributed by atoms with Gasteiger partial charge in [-0.3, -0.25) is 4.40 Å². The van der Waals surface area contributed by atoms with Gasteiger partial charge in [0, 0.05) is 12.2 Å². The van der Waals surface area contributed by atoms with Crippen molar-refractivity contribution in [2.45, 2.75) is 20.4 Å². The fraction of sp³-hybridized carbons (Fsp3) is 0.125. The maximum absolute atomic E-state index is 4.67. The summed E-state index contributed by atoms with van der Waals surface area (Å²) in [6.07, 6.45) is 0. The molecule has 0 aliphatic heterocycles. The zero-order chi connectivity index (χ0) is 20.9. The lowest BCUT2D eigenvalue weighted by molar-refractivity contribution is 0.805. The van der Waals surface area contributed by atoms with Gasteiger partial charge in [0.1, 0.15) is 5.82 Å². The van der Waals surface area contributed by atoms with Crippen molar-refractivity contribution in [2.24, 2.45) is 0 Å². The Bertz CT molecular complexity index is 1520. The van der Waals surface area contributed by atoms with E-state index >= 15 is 0 Å². The highest BCUT2D eigenvalue weighted by Gasteiger charge is 2.17. The monoisotopic (exact) mass is 407 g/mol. The van der Waals surface area contributed by atoms with Crippen molar-refractivity contribution >= 4 is 39.3 Å². The topological polar surface area (TPSA) is 75.8 Å². The number of para-hydroxylation sites is 2. The smallest absolute Gasteiger partial charge is 0.205 e. The Morgan fingerprint density at radius 3 is 2.55 bits per heavy atom. The second kappa shape index (κ2) is 6.70. The van der Waals surface area contributed by atoms with E-state index in [1.54, 1.807) is 0 Å². The number of rotatable bonds is 4. The van der Waals surface area contributed by atoms with Crippen LogP contribution in [0.15, 0.2) is 66.7 Å². The van der Waals surface area contributed by atoms with E-state index in [-0.39, 0.29) is 0 Å². The fourth-order valence-electron chi connectivity index (χ4n) is 4.24. The SMILES string of the molecule is Cc1cc2c(cc(Nc3nc4ccccc4[nH]3)c3nnc(C)n32)n1Cc1ccccc1. The molecule has 6 rings (SSSR count). The Labute approximate surface area is 178 Å². The van der Waals surface area contributed by atoms with Gasteiger partial charge in [0.25, 0.3) is 0 Å². The summed E-state index contributed by atoms with van der Waals surface area (Å²) < 4.78 is 4.43. The summed E-state index contributed by atoms with van der Waals surface area (Å²) in [7, 11) is 0. The zero-order valence-corrected chi connectivity index (χ0v) is 17.3. The van der Waals surface area contributed by atoms with Crippen LogP contribution in [0.2, 0.25) is 0 Å². The van der Waals surface area contributed by atoms with Gasteiger partial charge >= 0.3 is 0 Å². The van der Waals surface area contributed by atoms with Crippen molar-refractivity contribution in [3.05, 3.63) is 83.8 Å². The highest BCUT2D eigenvalue weighted by atomic mass is 15.3. The average molecular weight is 407 g/mol. The lowest BCUT2D eigenvalue weighted by Gasteiger charge is -2.11. The summed E-state index contributed by atoms with van der Waals surface area (Å²) in [5.74, 6) is 1.53. The van der Waals surface area contributed by atoms with E-state index in [2.05, 4.69) is 77.8 Å². The van der Waals surface area contributed by atoms with Crippen LogP contribution >= 0.6 is 0 Å². The quantitative estimate of drug-likeness (QED) is 0.433. The predicted octanol–water partition coefficient (Wildman–Crippen LogP) is 4.97. The van der Waals surface area contributed by atoms with E-state index in [1.807, 2.05) is 37.3 Å². The zero-order valence-electron chi connectivity index (χ0n) is 17.3. The highest BCUT2D eigenvalue weighted by molar-refractivity contribution is 5.90. The van der Waals surface area contributed by atoms with Gasteiger partial charge in [0.05, 0.1) is 27.8 Å². The molecule has 7 nitrogen and oxygen atoms in total. The number of aromatic amines is 1. The average Bonchev–Trinajstić information content (AvgIpc) is 3.45. The first-order valence-electron chi connectivity index (χ1n) is 10.3. The normalized spacial score (nSPS) is 11.7. The molecule has 4 heterocycles. The Kier molecular flexibility index (Phi) is 3.83. The van der Waals surface area contributed by atoms with Gasteiger partial charge < -0.3 is 14.9 Å². The molecule has 7 heteroatoms. The molecule has 0 amide bonds. The summed E-state index contributed by atoms with van der Waals surface area (Å²) in [6, 6.07) is 22.8. The predicted molar refractivity (Wildman–Crippen MR) is 123 cm³/mol. The summed E-state index contributed by atoms with van der Waals surface area (Å²) in [5.41, 5.74) is 8.22. The number of fused-ring (bicyclic) bond motifs is 4. The van der Waals surface area contributed by atoms with Gasteiger partial charge in [-0.25, -0.2) is 4.98 Å². The maximum atomic E-state index is 4.67. The number of nitrogens with zero attached hydrogens (tertiary/aromatic N) is 5. The summed E-state index contributed by atoms with van der Waals surface area (Å²) in [5, 5.41) is 12.2. The molecule has 0 radical (unpaired) electrons. The molecule has 0 spiro atoms. The molecule has 4 aromatic heterocycles. The van der Waals surface area contributed by atoms with Crippen LogP contribution in [0.3, 0.4) is 0 Å². The van der Waals surface area contributed by atoms with Crippen molar-refractivity contribution < 1.29 is 0 Å². The van der Waals surface area contributed by atoms with Crippen LogP contribution in [0, 0.1) is 13.8 Å². The second-order valence-electron chi connectivity index (χ2n) is 7.82. The molecule has 0 aliphatic rings. The van der Waals surface area contributed by atoms with Crippen LogP contribution in [-0.4, -0.2) is 29.1 Å². The molecule has 0 saturated carbocycles. The largest absolute Gasteiger partial charge is 0.339 e. The minimum atomic E-state index is 0.681. The van der Waals surface area contributed by atoms with Crippen molar-refractivity contribution in [3.63, 3.8) is 0 Å². The molecule has 0 unspecified atom stereocenters. The number of anilines is 2. The third-order valence-electron chi connectivity index (χ3n) is 5.74.